The number of aromatic nitrogens is 2. The van der Waals surface area contributed by atoms with E-state index in [1.54, 1.807) is 16.0 Å². The van der Waals surface area contributed by atoms with Crippen LogP contribution >= 0.6 is 23.2 Å². The zero-order valence-corrected chi connectivity index (χ0v) is 28.5. The highest BCUT2D eigenvalue weighted by molar-refractivity contribution is 6.30. The van der Waals surface area contributed by atoms with Gasteiger partial charge in [0.15, 0.2) is 0 Å². The third-order valence-corrected chi connectivity index (χ3v) is 9.39. The van der Waals surface area contributed by atoms with Crippen LogP contribution in [0.15, 0.2) is 59.7 Å². The summed E-state index contributed by atoms with van der Waals surface area (Å²) < 4.78 is 11.4. The van der Waals surface area contributed by atoms with Crippen molar-refractivity contribution in [3.8, 4) is 5.88 Å². The van der Waals surface area contributed by atoms with Crippen molar-refractivity contribution < 1.29 is 19.1 Å². The lowest BCUT2D eigenvalue weighted by atomic mass is 9.71. The Balaban J connectivity index is 1.73. The smallest absolute Gasteiger partial charge is 0.404 e. The van der Waals surface area contributed by atoms with E-state index in [1.807, 2.05) is 90.1 Å². The van der Waals surface area contributed by atoms with Crippen molar-refractivity contribution >= 4 is 41.2 Å². The molecule has 0 radical (unpaired) electrons. The fourth-order valence-corrected chi connectivity index (χ4v) is 6.42. The SMILES string of the molecule is CCOc1nc(C(C)(C)C)ncc1C1=NC(C)(c2ccc(Cl)cc2)C(C)(c2ccc(Cl)cc2)N1C(=O)N1CCC(OC(N)=O)CC1. The van der Waals surface area contributed by atoms with E-state index < -0.39 is 17.2 Å². The number of amidine groups is 1. The summed E-state index contributed by atoms with van der Waals surface area (Å²) in [6.45, 7) is 13.0. The van der Waals surface area contributed by atoms with Crippen LogP contribution in [0.5, 0.6) is 5.88 Å². The predicted octanol–water partition coefficient (Wildman–Crippen LogP) is 7.05. The molecule has 1 aromatic heterocycles. The van der Waals surface area contributed by atoms with Crippen molar-refractivity contribution in [3.05, 3.63) is 87.3 Å². The van der Waals surface area contributed by atoms with Gasteiger partial charge in [-0.15, -0.1) is 0 Å². The molecule has 2 unspecified atom stereocenters. The number of ether oxygens (including phenoxy) is 2. The van der Waals surface area contributed by atoms with E-state index in [2.05, 4.69) is 0 Å². The molecule has 1 saturated heterocycles. The number of primary amides is 1. The number of rotatable bonds is 6. The van der Waals surface area contributed by atoms with Crippen LogP contribution in [-0.4, -0.2) is 63.5 Å². The largest absolute Gasteiger partial charge is 0.477 e. The molecule has 10 nitrogen and oxygen atoms in total. The molecular weight excluding hydrogens is 627 g/mol. The van der Waals surface area contributed by atoms with Crippen LogP contribution in [0.4, 0.5) is 9.59 Å². The van der Waals surface area contributed by atoms with Gasteiger partial charge < -0.3 is 20.1 Å². The molecule has 3 heterocycles. The number of hydrogen-bond donors (Lipinski definition) is 1. The van der Waals surface area contributed by atoms with Gasteiger partial charge in [0.1, 0.15) is 28.8 Å². The number of urea groups is 1. The molecule has 2 aromatic carbocycles. The number of piperidine rings is 1. The lowest BCUT2D eigenvalue weighted by molar-refractivity contribution is 0.0528. The predicted molar refractivity (Wildman–Crippen MR) is 179 cm³/mol. The van der Waals surface area contributed by atoms with Gasteiger partial charge >= 0.3 is 12.1 Å². The molecule has 1 fully saturated rings. The molecule has 46 heavy (non-hydrogen) atoms. The average molecular weight is 668 g/mol. The zero-order chi connectivity index (χ0) is 33.4. The number of amides is 3. The van der Waals surface area contributed by atoms with Gasteiger partial charge in [0.05, 0.1) is 12.2 Å². The molecule has 244 valence electrons. The summed E-state index contributed by atoms with van der Waals surface area (Å²) in [5, 5.41) is 1.15. The van der Waals surface area contributed by atoms with Gasteiger partial charge in [-0.25, -0.2) is 14.6 Å². The minimum Gasteiger partial charge on any atom is -0.477 e. The van der Waals surface area contributed by atoms with E-state index in [0.717, 1.165) is 11.1 Å². The molecule has 3 aromatic rings. The molecule has 0 aliphatic carbocycles. The molecule has 2 aliphatic heterocycles. The maximum atomic E-state index is 14.9. The highest BCUT2D eigenvalue weighted by Gasteiger charge is 2.60. The van der Waals surface area contributed by atoms with Gasteiger partial charge in [-0.3, -0.25) is 9.89 Å². The Morgan fingerprint density at radius 3 is 2.07 bits per heavy atom. The number of carbonyl (C=O) groups excluding carboxylic acids is 2. The van der Waals surface area contributed by atoms with Crippen LogP contribution in [-0.2, 0) is 21.2 Å². The van der Waals surface area contributed by atoms with Crippen molar-refractivity contribution in [2.45, 2.75) is 77.0 Å². The van der Waals surface area contributed by atoms with Gasteiger partial charge in [-0.1, -0.05) is 68.2 Å². The average Bonchev–Trinajstić information content (AvgIpc) is 3.25. The van der Waals surface area contributed by atoms with Crippen molar-refractivity contribution in [3.63, 3.8) is 0 Å². The number of benzene rings is 2. The molecule has 0 bridgehead atoms. The number of carbonyl (C=O) groups is 2. The fraction of sp³-hybridized carbons (Fsp3) is 0.441. The quantitative estimate of drug-likeness (QED) is 0.301. The monoisotopic (exact) mass is 666 g/mol. The fourth-order valence-electron chi connectivity index (χ4n) is 6.17. The molecule has 12 heteroatoms. The Labute approximate surface area is 279 Å². The third-order valence-electron chi connectivity index (χ3n) is 8.88. The van der Waals surface area contributed by atoms with Crippen molar-refractivity contribution in [1.29, 1.82) is 0 Å². The summed E-state index contributed by atoms with van der Waals surface area (Å²) in [5.74, 6) is 1.32. The Morgan fingerprint density at radius 2 is 1.54 bits per heavy atom. The minimum absolute atomic E-state index is 0.270. The van der Waals surface area contributed by atoms with Crippen LogP contribution in [0.1, 0.15) is 76.9 Å². The molecule has 2 aliphatic rings. The first-order valence-electron chi connectivity index (χ1n) is 15.4. The molecule has 0 spiro atoms. The maximum Gasteiger partial charge on any atom is 0.404 e. The van der Waals surface area contributed by atoms with Gasteiger partial charge in [0.25, 0.3) is 0 Å². The second kappa shape index (κ2) is 12.7. The summed E-state index contributed by atoms with van der Waals surface area (Å²) >= 11 is 12.7. The van der Waals surface area contributed by atoms with E-state index in [9.17, 15) is 9.59 Å². The highest BCUT2D eigenvalue weighted by atomic mass is 35.5. The Kier molecular flexibility index (Phi) is 9.26. The number of likely N-dealkylation sites (tertiary alicyclic amines) is 1. The van der Waals surface area contributed by atoms with Crippen LogP contribution in [0, 0.1) is 0 Å². The summed E-state index contributed by atoms with van der Waals surface area (Å²) in [5.41, 5.74) is 4.99. The summed E-state index contributed by atoms with van der Waals surface area (Å²) in [4.78, 5) is 44.8. The summed E-state index contributed by atoms with van der Waals surface area (Å²) in [7, 11) is 0. The number of aliphatic imine (C=N–C) groups is 1. The van der Waals surface area contributed by atoms with E-state index in [-0.39, 0.29) is 17.6 Å². The van der Waals surface area contributed by atoms with Crippen LogP contribution in [0.2, 0.25) is 10.0 Å². The Hall–Kier alpha value is -3.89. The molecule has 3 amide bonds. The topological polar surface area (TPSA) is 123 Å². The standard InChI is InChI=1S/C34H40Cl2N6O4/c1-7-45-28-26(20-38-29(39-28)32(2,3)4)27-40-33(5,21-8-12-23(35)13-9-21)34(6,22-10-14-24(36)15-11-22)42(27)31(44)41-18-16-25(17-19-41)46-30(37)43/h8-15,20,25H,7,16-19H2,1-6H3,(H2,37,43). The van der Waals surface area contributed by atoms with Crippen LogP contribution < -0.4 is 10.5 Å². The molecule has 2 N–H and O–H groups in total. The van der Waals surface area contributed by atoms with Crippen molar-refractivity contribution in [2.75, 3.05) is 19.7 Å². The van der Waals surface area contributed by atoms with Gasteiger partial charge in [0, 0.05) is 47.6 Å². The van der Waals surface area contributed by atoms with Gasteiger partial charge in [-0.2, -0.15) is 4.98 Å². The minimum atomic E-state index is -1.08. The second-order valence-corrected chi connectivity index (χ2v) is 13.8. The maximum absolute atomic E-state index is 14.9. The third kappa shape index (κ3) is 6.12. The number of halogens is 2. The summed E-state index contributed by atoms with van der Waals surface area (Å²) in [6, 6.07) is 14.7. The Bertz CT molecular complexity index is 1630. The van der Waals surface area contributed by atoms with E-state index in [4.69, 9.17) is 53.4 Å². The molecule has 0 saturated carbocycles. The van der Waals surface area contributed by atoms with Crippen LogP contribution in [0.25, 0.3) is 0 Å². The van der Waals surface area contributed by atoms with Gasteiger partial charge in [0.2, 0.25) is 5.88 Å². The first-order chi connectivity index (χ1) is 21.7. The number of nitrogens with two attached hydrogens (primary N) is 1. The molecular formula is C34H40Cl2N6O4. The van der Waals surface area contributed by atoms with E-state index in [1.165, 1.54) is 0 Å². The van der Waals surface area contributed by atoms with E-state index in [0.29, 0.717) is 65.7 Å². The lowest BCUT2D eigenvalue weighted by Crippen LogP contribution is -2.59. The van der Waals surface area contributed by atoms with Gasteiger partial charge in [-0.05, 0) is 56.2 Å². The van der Waals surface area contributed by atoms with Crippen LogP contribution in [0.3, 0.4) is 0 Å². The number of nitrogens with zero attached hydrogens (tertiary/aromatic N) is 5. The first kappa shape index (κ1) is 33.5. The van der Waals surface area contributed by atoms with Crippen molar-refractivity contribution in [2.24, 2.45) is 10.7 Å². The highest BCUT2D eigenvalue weighted by Crippen LogP contribution is 2.54. The lowest BCUT2D eigenvalue weighted by Gasteiger charge is -2.47. The Morgan fingerprint density at radius 1 is 0.978 bits per heavy atom. The first-order valence-corrected chi connectivity index (χ1v) is 16.1. The second-order valence-electron chi connectivity index (χ2n) is 12.9. The molecule has 5 rings (SSSR count). The number of hydrogen-bond acceptors (Lipinski definition) is 7. The van der Waals surface area contributed by atoms with Crippen molar-refractivity contribution in [1.82, 2.24) is 19.8 Å². The normalized spacial score (nSPS) is 22.0. The van der Waals surface area contributed by atoms with E-state index >= 15 is 0 Å². The molecule has 2 atom stereocenters. The summed E-state index contributed by atoms with van der Waals surface area (Å²) in [6.07, 6.45) is 1.41. The zero-order valence-electron chi connectivity index (χ0n) is 27.0.